The van der Waals surface area contributed by atoms with Gasteiger partial charge in [0.1, 0.15) is 0 Å². The fourth-order valence-electron chi connectivity index (χ4n) is 1.89. The van der Waals surface area contributed by atoms with E-state index in [2.05, 4.69) is 41.4 Å². The van der Waals surface area contributed by atoms with Gasteiger partial charge < -0.3 is 5.73 Å². The lowest BCUT2D eigenvalue weighted by Gasteiger charge is -2.10. The molecule has 0 radical (unpaired) electrons. The highest BCUT2D eigenvalue weighted by Crippen LogP contribution is 2.18. The summed E-state index contributed by atoms with van der Waals surface area (Å²) in [5.41, 5.74) is 9.59. The summed E-state index contributed by atoms with van der Waals surface area (Å²) in [6.45, 7) is 2.21. The SMILES string of the molecule is CCCCc1ccc(C(N)c2ccn[nH]2)cc1. The lowest BCUT2D eigenvalue weighted by Crippen LogP contribution is -2.12. The van der Waals surface area contributed by atoms with Crippen LogP contribution in [0.2, 0.25) is 0 Å². The monoisotopic (exact) mass is 229 g/mol. The second-order valence-corrected chi connectivity index (χ2v) is 4.33. The number of aryl methyl sites for hydroxylation is 1. The quantitative estimate of drug-likeness (QED) is 0.828. The van der Waals surface area contributed by atoms with Crippen molar-refractivity contribution in [3.8, 4) is 0 Å². The van der Waals surface area contributed by atoms with Crippen LogP contribution in [0.3, 0.4) is 0 Å². The molecule has 0 bridgehead atoms. The van der Waals surface area contributed by atoms with E-state index in [9.17, 15) is 0 Å². The van der Waals surface area contributed by atoms with E-state index in [-0.39, 0.29) is 6.04 Å². The Balaban J connectivity index is 2.07. The first kappa shape index (κ1) is 11.9. The number of hydrogen-bond acceptors (Lipinski definition) is 2. The van der Waals surface area contributed by atoms with Crippen molar-refractivity contribution < 1.29 is 0 Å². The number of nitrogens with two attached hydrogens (primary N) is 1. The van der Waals surface area contributed by atoms with Gasteiger partial charge in [0.2, 0.25) is 0 Å². The largest absolute Gasteiger partial charge is 0.319 e. The van der Waals surface area contributed by atoms with Crippen LogP contribution >= 0.6 is 0 Å². The highest BCUT2D eigenvalue weighted by molar-refractivity contribution is 5.29. The molecule has 0 aliphatic heterocycles. The lowest BCUT2D eigenvalue weighted by molar-refractivity contribution is 0.790. The van der Waals surface area contributed by atoms with Gasteiger partial charge >= 0.3 is 0 Å². The summed E-state index contributed by atoms with van der Waals surface area (Å²) in [7, 11) is 0. The van der Waals surface area contributed by atoms with E-state index in [0.717, 1.165) is 17.7 Å². The minimum Gasteiger partial charge on any atom is -0.319 e. The molecule has 1 aromatic carbocycles. The van der Waals surface area contributed by atoms with Crippen LogP contribution in [0.5, 0.6) is 0 Å². The molecule has 1 atom stereocenters. The highest BCUT2D eigenvalue weighted by atomic mass is 15.1. The van der Waals surface area contributed by atoms with Crippen LogP contribution in [0.15, 0.2) is 36.5 Å². The summed E-state index contributed by atoms with van der Waals surface area (Å²) in [5, 5.41) is 6.83. The fraction of sp³-hybridized carbons (Fsp3) is 0.357. The Bertz CT molecular complexity index is 431. The second kappa shape index (κ2) is 5.64. The first-order chi connectivity index (χ1) is 8.31. The standard InChI is InChI=1S/C14H19N3/c1-2-3-4-11-5-7-12(8-6-11)14(15)13-9-10-16-17-13/h5-10,14H,2-4,15H2,1H3,(H,16,17). The number of nitrogens with zero attached hydrogens (tertiary/aromatic N) is 1. The van der Waals surface area contributed by atoms with Crippen molar-refractivity contribution in [2.75, 3.05) is 0 Å². The first-order valence-corrected chi connectivity index (χ1v) is 6.15. The molecule has 3 nitrogen and oxygen atoms in total. The van der Waals surface area contributed by atoms with Crippen molar-refractivity contribution in [1.82, 2.24) is 10.2 Å². The van der Waals surface area contributed by atoms with E-state index in [1.54, 1.807) is 6.20 Å². The number of benzene rings is 1. The van der Waals surface area contributed by atoms with E-state index >= 15 is 0 Å². The van der Waals surface area contributed by atoms with E-state index in [1.165, 1.54) is 18.4 Å². The number of aromatic amines is 1. The third-order valence-electron chi connectivity index (χ3n) is 3.02. The molecule has 17 heavy (non-hydrogen) atoms. The molecule has 3 heteroatoms. The van der Waals surface area contributed by atoms with Crippen LogP contribution in [0.25, 0.3) is 0 Å². The zero-order chi connectivity index (χ0) is 12.1. The van der Waals surface area contributed by atoms with Gasteiger partial charge in [-0.25, -0.2) is 0 Å². The molecule has 0 saturated heterocycles. The van der Waals surface area contributed by atoms with Crippen LogP contribution in [0.4, 0.5) is 0 Å². The summed E-state index contributed by atoms with van der Waals surface area (Å²) < 4.78 is 0. The van der Waals surface area contributed by atoms with Crippen molar-refractivity contribution in [2.24, 2.45) is 5.73 Å². The summed E-state index contributed by atoms with van der Waals surface area (Å²) in [5.74, 6) is 0. The van der Waals surface area contributed by atoms with Crippen molar-refractivity contribution in [2.45, 2.75) is 32.2 Å². The molecular weight excluding hydrogens is 210 g/mol. The average Bonchev–Trinajstić information content (AvgIpc) is 2.90. The maximum Gasteiger partial charge on any atom is 0.0720 e. The van der Waals surface area contributed by atoms with E-state index in [4.69, 9.17) is 5.73 Å². The molecule has 90 valence electrons. The van der Waals surface area contributed by atoms with Gasteiger partial charge in [-0.2, -0.15) is 5.10 Å². The van der Waals surface area contributed by atoms with Gasteiger partial charge in [0, 0.05) is 6.20 Å². The summed E-state index contributed by atoms with van der Waals surface area (Å²) in [6, 6.07) is 10.4. The molecule has 2 aromatic rings. The Morgan fingerprint density at radius 1 is 1.24 bits per heavy atom. The number of hydrogen-bond donors (Lipinski definition) is 2. The molecule has 0 fully saturated rings. The molecule has 0 aliphatic rings. The topological polar surface area (TPSA) is 54.7 Å². The number of aromatic nitrogens is 2. The minimum absolute atomic E-state index is 0.113. The molecule has 1 aromatic heterocycles. The maximum absolute atomic E-state index is 6.14. The molecular formula is C14H19N3. The number of H-pyrrole nitrogens is 1. The van der Waals surface area contributed by atoms with Gasteiger partial charge in [-0.1, -0.05) is 37.6 Å². The van der Waals surface area contributed by atoms with Crippen molar-refractivity contribution >= 4 is 0 Å². The third kappa shape index (κ3) is 2.94. The molecule has 0 spiro atoms. The molecule has 3 N–H and O–H groups in total. The predicted octanol–water partition coefficient (Wildman–Crippen LogP) is 2.80. The molecule has 0 aliphatic carbocycles. The Labute approximate surface area is 102 Å². The third-order valence-corrected chi connectivity index (χ3v) is 3.02. The minimum atomic E-state index is -0.113. The van der Waals surface area contributed by atoms with Gasteiger partial charge in [-0.3, -0.25) is 5.10 Å². The van der Waals surface area contributed by atoms with Crippen LogP contribution < -0.4 is 5.73 Å². The zero-order valence-corrected chi connectivity index (χ0v) is 10.2. The number of rotatable bonds is 5. The van der Waals surface area contributed by atoms with Crippen LogP contribution in [-0.2, 0) is 6.42 Å². The van der Waals surface area contributed by atoms with E-state index in [0.29, 0.717) is 0 Å². The van der Waals surface area contributed by atoms with Gasteiger partial charge in [-0.05, 0) is 30.0 Å². The summed E-state index contributed by atoms with van der Waals surface area (Å²) >= 11 is 0. The normalized spacial score (nSPS) is 12.6. The van der Waals surface area contributed by atoms with Crippen LogP contribution in [-0.4, -0.2) is 10.2 Å². The lowest BCUT2D eigenvalue weighted by atomic mass is 10.0. The van der Waals surface area contributed by atoms with Gasteiger partial charge in [0.15, 0.2) is 0 Å². The van der Waals surface area contributed by atoms with Crippen LogP contribution in [0, 0.1) is 0 Å². The molecule has 0 amide bonds. The van der Waals surface area contributed by atoms with Gasteiger partial charge in [-0.15, -0.1) is 0 Å². The van der Waals surface area contributed by atoms with E-state index < -0.39 is 0 Å². The van der Waals surface area contributed by atoms with Gasteiger partial charge in [0.25, 0.3) is 0 Å². The smallest absolute Gasteiger partial charge is 0.0720 e. The number of nitrogens with one attached hydrogen (secondary N) is 1. The molecule has 1 unspecified atom stereocenters. The zero-order valence-electron chi connectivity index (χ0n) is 10.2. The average molecular weight is 229 g/mol. The Kier molecular flexibility index (Phi) is 3.94. The summed E-state index contributed by atoms with van der Waals surface area (Å²) in [4.78, 5) is 0. The summed E-state index contributed by atoms with van der Waals surface area (Å²) in [6.07, 6.45) is 5.35. The van der Waals surface area contributed by atoms with Crippen molar-refractivity contribution in [3.05, 3.63) is 53.3 Å². The maximum atomic E-state index is 6.14. The Morgan fingerprint density at radius 2 is 2.00 bits per heavy atom. The molecule has 0 saturated carbocycles. The van der Waals surface area contributed by atoms with Gasteiger partial charge in [0.05, 0.1) is 11.7 Å². The predicted molar refractivity (Wildman–Crippen MR) is 69.7 cm³/mol. The van der Waals surface area contributed by atoms with Crippen LogP contribution in [0.1, 0.15) is 42.6 Å². The first-order valence-electron chi connectivity index (χ1n) is 6.15. The van der Waals surface area contributed by atoms with E-state index in [1.807, 2.05) is 6.07 Å². The fourth-order valence-corrected chi connectivity index (χ4v) is 1.89. The number of unbranched alkanes of at least 4 members (excludes halogenated alkanes) is 1. The molecule has 2 rings (SSSR count). The van der Waals surface area contributed by atoms with Crippen molar-refractivity contribution in [1.29, 1.82) is 0 Å². The Morgan fingerprint density at radius 3 is 2.59 bits per heavy atom. The Hall–Kier alpha value is -1.61. The van der Waals surface area contributed by atoms with Crippen molar-refractivity contribution in [3.63, 3.8) is 0 Å². The second-order valence-electron chi connectivity index (χ2n) is 4.33. The molecule has 1 heterocycles. The highest BCUT2D eigenvalue weighted by Gasteiger charge is 2.09.